The number of pyridine rings is 1. The first-order chi connectivity index (χ1) is 14.4. The quantitative estimate of drug-likeness (QED) is 0.339. The van der Waals surface area contributed by atoms with E-state index in [0.717, 1.165) is 34.6 Å². The van der Waals surface area contributed by atoms with E-state index in [0.29, 0.717) is 16.2 Å². The Kier molecular flexibility index (Phi) is 5.66. The molecule has 4 aromatic rings. The zero-order valence-corrected chi connectivity index (χ0v) is 18.4. The lowest BCUT2D eigenvalue weighted by molar-refractivity contribution is 0.101. The summed E-state index contributed by atoms with van der Waals surface area (Å²) in [6.07, 6.45) is 4.58. The van der Waals surface area contributed by atoms with Gasteiger partial charge in [-0.3, -0.25) is 9.48 Å². The first kappa shape index (κ1) is 20.6. The molecular weight excluding hydrogens is 423 g/mol. The number of hydrogen-bond acceptors (Lipinski definition) is 4. The van der Waals surface area contributed by atoms with E-state index in [2.05, 4.69) is 17.0 Å². The molecule has 0 amide bonds. The third kappa shape index (κ3) is 3.63. The maximum absolute atomic E-state index is 15.2. The predicted molar refractivity (Wildman–Crippen MR) is 117 cm³/mol. The molecule has 3 aromatic heterocycles. The SMILES string of the molecule is CCCn1cc(-n2c(C)c(Sc3cccc(C(C)=O)n3)c3ccc(Cl)c(F)c32)cn1. The molecule has 3 heterocycles. The number of carbonyl (C=O) groups is 1. The van der Waals surface area contributed by atoms with Gasteiger partial charge in [-0.1, -0.05) is 36.4 Å². The highest BCUT2D eigenvalue weighted by atomic mass is 35.5. The molecule has 0 atom stereocenters. The minimum Gasteiger partial charge on any atom is -0.307 e. The van der Waals surface area contributed by atoms with E-state index in [-0.39, 0.29) is 10.8 Å². The average Bonchev–Trinajstić information content (AvgIpc) is 3.28. The summed E-state index contributed by atoms with van der Waals surface area (Å²) in [7, 11) is 0. The molecule has 4 rings (SSSR count). The van der Waals surface area contributed by atoms with Crippen LogP contribution in [0.15, 0.2) is 52.6 Å². The lowest BCUT2D eigenvalue weighted by Crippen LogP contribution is -1.99. The van der Waals surface area contributed by atoms with Crippen LogP contribution in [-0.4, -0.2) is 25.1 Å². The molecule has 0 aliphatic heterocycles. The Hall–Kier alpha value is -2.64. The van der Waals surface area contributed by atoms with E-state index in [1.54, 1.807) is 24.4 Å². The molecule has 0 aliphatic carbocycles. The number of halogens is 2. The van der Waals surface area contributed by atoms with Gasteiger partial charge in [-0.15, -0.1) is 0 Å². The van der Waals surface area contributed by atoms with Gasteiger partial charge >= 0.3 is 0 Å². The van der Waals surface area contributed by atoms with Gasteiger partial charge in [-0.05, 0) is 37.6 Å². The number of nitrogens with zero attached hydrogens (tertiary/aromatic N) is 4. The molecule has 30 heavy (non-hydrogen) atoms. The van der Waals surface area contributed by atoms with Crippen molar-refractivity contribution in [2.75, 3.05) is 0 Å². The summed E-state index contributed by atoms with van der Waals surface area (Å²) in [5, 5.41) is 5.86. The van der Waals surface area contributed by atoms with Crippen molar-refractivity contribution in [3.63, 3.8) is 0 Å². The molecule has 1 aromatic carbocycles. The third-order valence-electron chi connectivity index (χ3n) is 4.82. The van der Waals surface area contributed by atoms with Gasteiger partial charge < -0.3 is 4.57 Å². The molecule has 0 saturated carbocycles. The van der Waals surface area contributed by atoms with Crippen molar-refractivity contribution in [3.05, 3.63) is 65.0 Å². The molecule has 0 radical (unpaired) electrons. The van der Waals surface area contributed by atoms with E-state index in [1.807, 2.05) is 34.5 Å². The fourth-order valence-electron chi connectivity index (χ4n) is 3.45. The Morgan fingerprint density at radius 3 is 2.80 bits per heavy atom. The van der Waals surface area contributed by atoms with Gasteiger partial charge in [0.2, 0.25) is 0 Å². The maximum atomic E-state index is 15.2. The predicted octanol–water partition coefficient (Wildman–Crippen LogP) is 6.09. The van der Waals surface area contributed by atoms with Gasteiger partial charge in [0.1, 0.15) is 10.7 Å². The highest BCUT2D eigenvalue weighted by molar-refractivity contribution is 7.99. The molecule has 154 valence electrons. The highest BCUT2D eigenvalue weighted by Crippen LogP contribution is 2.41. The summed E-state index contributed by atoms with van der Waals surface area (Å²) in [5.74, 6) is -0.574. The second-order valence-corrected chi connectivity index (χ2v) is 8.43. The van der Waals surface area contributed by atoms with Crippen molar-refractivity contribution in [2.24, 2.45) is 0 Å². The lowest BCUT2D eigenvalue weighted by Gasteiger charge is -2.07. The molecule has 0 saturated heterocycles. The zero-order valence-electron chi connectivity index (χ0n) is 16.8. The molecule has 0 unspecified atom stereocenters. The standard InChI is InChI=1S/C22H20ClFN4OS/c1-4-10-27-12-15(11-25-27)28-13(2)22(16-8-9-17(23)20(24)21(16)28)30-19-7-5-6-18(26-19)14(3)29/h5-9,11-12H,4,10H2,1-3H3. The Bertz CT molecular complexity index is 1260. The van der Waals surface area contributed by atoms with Gasteiger partial charge in [0, 0.05) is 35.6 Å². The number of aryl methyl sites for hydroxylation is 1. The smallest absolute Gasteiger partial charge is 0.178 e. The normalized spacial score (nSPS) is 11.4. The minimum absolute atomic E-state index is 0.0652. The van der Waals surface area contributed by atoms with E-state index >= 15 is 4.39 Å². The number of aromatic nitrogens is 4. The van der Waals surface area contributed by atoms with Crippen molar-refractivity contribution < 1.29 is 9.18 Å². The van der Waals surface area contributed by atoms with Crippen molar-refractivity contribution in [1.82, 2.24) is 19.3 Å². The number of benzene rings is 1. The first-order valence-corrected chi connectivity index (χ1v) is 10.8. The van der Waals surface area contributed by atoms with Gasteiger partial charge in [0.15, 0.2) is 11.6 Å². The minimum atomic E-state index is -0.474. The summed E-state index contributed by atoms with van der Waals surface area (Å²) in [5.41, 5.74) is 2.42. The number of hydrogen-bond donors (Lipinski definition) is 0. The molecule has 0 spiro atoms. The van der Waals surface area contributed by atoms with Crippen molar-refractivity contribution >= 4 is 40.0 Å². The van der Waals surface area contributed by atoms with Crippen LogP contribution in [0, 0.1) is 12.7 Å². The third-order valence-corrected chi connectivity index (χ3v) is 6.27. The fraction of sp³-hybridized carbons (Fsp3) is 0.227. The van der Waals surface area contributed by atoms with Gasteiger partial charge in [0.25, 0.3) is 0 Å². The van der Waals surface area contributed by atoms with Crippen LogP contribution in [0.5, 0.6) is 0 Å². The highest BCUT2D eigenvalue weighted by Gasteiger charge is 2.22. The monoisotopic (exact) mass is 442 g/mol. The summed E-state index contributed by atoms with van der Waals surface area (Å²) in [4.78, 5) is 17.0. The maximum Gasteiger partial charge on any atom is 0.178 e. The summed E-state index contributed by atoms with van der Waals surface area (Å²) in [6, 6.07) is 8.70. The van der Waals surface area contributed by atoms with Crippen LogP contribution in [0.3, 0.4) is 0 Å². The number of fused-ring (bicyclic) bond motifs is 1. The van der Waals surface area contributed by atoms with Crippen LogP contribution in [0.4, 0.5) is 4.39 Å². The van der Waals surface area contributed by atoms with Gasteiger partial charge in [-0.2, -0.15) is 5.10 Å². The van der Waals surface area contributed by atoms with Crippen LogP contribution >= 0.6 is 23.4 Å². The number of ketones is 1. The van der Waals surface area contributed by atoms with Crippen LogP contribution in [-0.2, 0) is 6.54 Å². The van der Waals surface area contributed by atoms with Crippen LogP contribution in [0.25, 0.3) is 16.6 Å². The lowest BCUT2D eigenvalue weighted by atomic mass is 10.2. The number of rotatable bonds is 6. The zero-order chi connectivity index (χ0) is 21.4. The Morgan fingerprint density at radius 1 is 1.27 bits per heavy atom. The van der Waals surface area contributed by atoms with E-state index in [4.69, 9.17) is 11.6 Å². The van der Waals surface area contributed by atoms with Crippen molar-refractivity contribution in [1.29, 1.82) is 0 Å². The Morgan fingerprint density at radius 2 is 2.07 bits per heavy atom. The van der Waals surface area contributed by atoms with Crippen LogP contribution in [0.1, 0.15) is 36.5 Å². The molecule has 8 heteroatoms. The van der Waals surface area contributed by atoms with Crippen LogP contribution < -0.4 is 0 Å². The number of Topliss-reactive ketones (excluding diaryl/α,β-unsaturated/α-hetero) is 1. The number of carbonyl (C=O) groups excluding carboxylic acids is 1. The molecule has 0 N–H and O–H groups in total. The molecule has 0 aliphatic rings. The molecular formula is C22H20ClFN4OS. The fourth-order valence-corrected chi connectivity index (χ4v) is 4.62. The molecule has 0 fully saturated rings. The Labute approximate surface area is 182 Å². The summed E-state index contributed by atoms with van der Waals surface area (Å²) < 4.78 is 18.8. The van der Waals surface area contributed by atoms with Gasteiger partial charge in [-0.25, -0.2) is 9.37 Å². The second kappa shape index (κ2) is 8.24. The van der Waals surface area contributed by atoms with E-state index in [9.17, 15) is 4.79 Å². The summed E-state index contributed by atoms with van der Waals surface area (Å²) in [6.45, 7) is 6.28. The first-order valence-electron chi connectivity index (χ1n) is 9.58. The van der Waals surface area contributed by atoms with Crippen molar-refractivity contribution in [3.8, 4) is 5.69 Å². The Balaban J connectivity index is 1.90. The van der Waals surface area contributed by atoms with Crippen LogP contribution in [0.2, 0.25) is 5.02 Å². The van der Waals surface area contributed by atoms with Crippen molar-refractivity contribution in [2.45, 2.75) is 43.7 Å². The van der Waals surface area contributed by atoms with E-state index < -0.39 is 5.82 Å². The average molecular weight is 443 g/mol. The second-order valence-electron chi connectivity index (χ2n) is 6.99. The molecule has 0 bridgehead atoms. The van der Waals surface area contributed by atoms with Gasteiger partial charge in [0.05, 0.1) is 22.4 Å². The van der Waals surface area contributed by atoms with E-state index in [1.165, 1.54) is 18.7 Å². The molecule has 5 nitrogen and oxygen atoms in total. The summed E-state index contributed by atoms with van der Waals surface area (Å²) >= 11 is 7.51. The topological polar surface area (TPSA) is 52.7 Å². The largest absolute Gasteiger partial charge is 0.307 e.